The number of hydrogen-bond donors (Lipinski definition) is 3. The predicted octanol–water partition coefficient (Wildman–Crippen LogP) is 2.83. The van der Waals surface area contributed by atoms with Crippen molar-refractivity contribution in [1.29, 1.82) is 0 Å². The Labute approximate surface area is 138 Å². The van der Waals surface area contributed by atoms with Crippen LogP contribution in [0.1, 0.15) is 15.9 Å². The van der Waals surface area contributed by atoms with Gasteiger partial charge in [0, 0.05) is 29.1 Å². The summed E-state index contributed by atoms with van der Waals surface area (Å²) < 4.78 is 0. The second-order valence-electron chi connectivity index (χ2n) is 5.07. The second kappa shape index (κ2) is 7.73. The zero-order chi connectivity index (χ0) is 17.5. The molecule has 0 heterocycles. The lowest BCUT2D eigenvalue weighted by Crippen LogP contribution is -2.13. The van der Waals surface area contributed by atoms with Crippen molar-refractivity contribution in [3.63, 3.8) is 0 Å². The Hall–Kier alpha value is -3.41. The molecule has 0 spiro atoms. The van der Waals surface area contributed by atoms with Crippen molar-refractivity contribution in [3.8, 4) is 0 Å². The first-order chi connectivity index (χ1) is 11.4. The zero-order valence-corrected chi connectivity index (χ0v) is 12.9. The monoisotopic (exact) mass is 324 g/mol. The number of anilines is 2. The third kappa shape index (κ3) is 5.10. The summed E-state index contributed by atoms with van der Waals surface area (Å²) in [5, 5.41) is 13.8. The molecule has 6 nitrogen and oxygen atoms in total. The van der Waals surface area contributed by atoms with Crippen LogP contribution >= 0.6 is 0 Å². The number of carboxylic acid groups (broad SMARTS) is 1. The van der Waals surface area contributed by atoms with E-state index in [0.29, 0.717) is 16.9 Å². The summed E-state index contributed by atoms with van der Waals surface area (Å²) in [5.41, 5.74) is 2.47. The van der Waals surface area contributed by atoms with E-state index in [1.54, 1.807) is 24.3 Å². The first-order valence-electron chi connectivity index (χ1n) is 7.14. The molecule has 2 aromatic carbocycles. The van der Waals surface area contributed by atoms with E-state index in [4.69, 9.17) is 5.11 Å². The standard InChI is InChI=1S/C18H16N2O4/c1-12-4-2-6-14(10-12)20-18(24)13-5-3-7-15(11-13)19-16(21)8-9-17(22)23/h2-11H,1H3,(H,19,21)(H,20,24)(H,22,23)/b9-8+. The lowest BCUT2D eigenvalue weighted by atomic mass is 10.1. The molecule has 0 fully saturated rings. The van der Waals surface area contributed by atoms with Crippen molar-refractivity contribution < 1.29 is 19.5 Å². The molecule has 2 amide bonds. The average Bonchev–Trinajstić information content (AvgIpc) is 2.53. The Bertz CT molecular complexity index is 812. The average molecular weight is 324 g/mol. The Balaban J connectivity index is 2.07. The Morgan fingerprint density at radius 2 is 1.58 bits per heavy atom. The van der Waals surface area contributed by atoms with Crippen LogP contribution in [-0.4, -0.2) is 22.9 Å². The van der Waals surface area contributed by atoms with Gasteiger partial charge in [-0.15, -0.1) is 0 Å². The topological polar surface area (TPSA) is 95.5 Å². The summed E-state index contributed by atoms with van der Waals surface area (Å²) in [5.74, 6) is -2.11. The van der Waals surface area contributed by atoms with Crippen LogP contribution in [0.25, 0.3) is 0 Å². The van der Waals surface area contributed by atoms with Gasteiger partial charge in [-0.2, -0.15) is 0 Å². The first-order valence-corrected chi connectivity index (χ1v) is 7.14. The van der Waals surface area contributed by atoms with Crippen LogP contribution in [0, 0.1) is 6.92 Å². The van der Waals surface area contributed by atoms with E-state index in [-0.39, 0.29) is 5.91 Å². The van der Waals surface area contributed by atoms with Gasteiger partial charge >= 0.3 is 5.97 Å². The third-order valence-corrected chi connectivity index (χ3v) is 3.05. The van der Waals surface area contributed by atoms with Crippen molar-refractivity contribution in [2.75, 3.05) is 10.6 Å². The van der Waals surface area contributed by atoms with Crippen LogP contribution in [0.4, 0.5) is 11.4 Å². The van der Waals surface area contributed by atoms with Gasteiger partial charge in [-0.05, 0) is 42.8 Å². The maximum atomic E-state index is 12.3. The van der Waals surface area contributed by atoms with Crippen molar-refractivity contribution in [3.05, 3.63) is 71.8 Å². The second-order valence-corrected chi connectivity index (χ2v) is 5.07. The first kappa shape index (κ1) is 17.0. The number of aryl methyl sites for hydroxylation is 1. The molecule has 2 aromatic rings. The SMILES string of the molecule is Cc1cccc(NC(=O)c2cccc(NC(=O)/C=C/C(=O)O)c2)c1. The van der Waals surface area contributed by atoms with Crippen LogP contribution in [0.5, 0.6) is 0 Å². The summed E-state index contributed by atoms with van der Waals surface area (Å²) in [4.78, 5) is 34.2. The number of hydrogen-bond acceptors (Lipinski definition) is 3. The molecule has 122 valence electrons. The fourth-order valence-corrected chi connectivity index (χ4v) is 2.00. The number of benzene rings is 2. The minimum Gasteiger partial charge on any atom is -0.478 e. The fourth-order valence-electron chi connectivity index (χ4n) is 2.00. The van der Waals surface area contributed by atoms with Crippen molar-refractivity contribution >= 4 is 29.2 Å². The number of amides is 2. The zero-order valence-electron chi connectivity index (χ0n) is 12.9. The summed E-state index contributed by atoms with van der Waals surface area (Å²) >= 11 is 0. The number of carbonyl (C=O) groups excluding carboxylic acids is 2. The molecule has 0 radical (unpaired) electrons. The molecule has 0 atom stereocenters. The predicted molar refractivity (Wildman–Crippen MR) is 91.0 cm³/mol. The fraction of sp³-hybridized carbons (Fsp3) is 0.0556. The van der Waals surface area contributed by atoms with Gasteiger partial charge in [-0.1, -0.05) is 18.2 Å². The quantitative estimate of drug-likeness (QED) is 0.737. The highest BCUT2D eigenvalue weighted by Crippen LogP contribution is 2.14. The third-order valence-electron chi connectivity index (χ3n) is 3.05. The number of carbonyl (C=O) groups is 3. The van der Waals surface area contributed by atoms with E-state index < -0.39 is 11.9 Å². The molecule has 24 heavy (non-hydrogen) atoms. The van der Waals surface area contributed by atoms with Crippen LogP contribution in [0.3, 0.4) is 0 Å². The van der Waals surface area contributed by atoms with Crippen LogP contribution in [-0.2, 0) is 9.59 Å². The number of nitrogens with one attached hydrogen (secondary N) is 2. The molecule has 0 aliphatic rings. The molecule has 0 saturated heterocycles. The molecule has 0 bridgehead atoms. The van der Waals surface area contributed by atoms with Gasteiger partial charge in [0.1, 0.15) is 0 Å². The van der Waals surface area contributed by atoms with Gasteiger partial charge < -0.3 is 15.7 Å². The molecule has 6 heteroatoms. The largest absolute Gasteiger partial charge is 0.478 e. The normalized spacial score (nSPS) is 10.4. The van der Waals surface area contributed by atoms with Crippen molar-refractivity contribution in [1.82, 2.24) is 0 Å². The smallest absolute Gasteiger partial charge is 0.328 e. The molecule has 0 unspecified atom stereocenters. The van der Waals surface area contributed by atoms with Crippen LogP contribution in [0.15, 0.2) is 60.7 Å². The van der Waals surface area contributed by atoms with E-state index in [1.807, 2.05) is 25.1 Å². The molecule has 3 N–H and O–H groups in total. The molecule has 0 saturated carbocycles. The van der Waals surface area contributed by atoms with Gasteiger partial charge in [-0.25, -0.2) is 4.79 Å². The molecule has 0 aliphatic heterocycles. The highest BCUT2D eigenvalue weighted by molar-refractivity contribution is 6.06. The Morgan fingerprint density at radius 3 is 2.25 bits per heavy atom. The molecular formula is C18H16N2O4. The highest BCUT2D eigenvalue weighted by atomic mass is 16.4. The number of carboxylic acids is 1. The molecule has 0 aromatic heterocycles. The lowest BCUT2D eigenvalue weighted by molar-refractivity contribution is -0.131. The summed E-state index contributed by atoms with van der Waals surface area (Å²) in [6.45, 7) is 1.93. The van der Waals surface area contributed by atoms with E-state index >= 15 is 0 Å². The van der Waals surface area contributed by atoms with Gasteiger partial charge in [-0.3, -0.25) is 9.59 Å². The molecule has 2 rings (SSSR count). The summed E-state index contributed by atoms with van der Waals surface area (Å²) in [7, 11) is 0. The van der Waals surface area contributed by atoms with Gasteiger partial charge in [0.05, 0.1) is 0 Å². The molecular weight excluding hydrogens is 308 g/mol. The number of rotatable bonds is 5. The van der Waals surface area contributed by atoms with Gasteiger partial charge in [0.2, 0.25) is 5.91 Å². The van der Waals surface area contributed by atoms with Gasteiger partial charge in [0.25, 0.3) is 5.91 Å². The van der Waals surface area contributed by atoms with E-state index in [0.717, 1.165) is 17.7 Å². The van der Waals surface area contributed by atoms with E-state index in [2.05, 4.69) is 10.6 Å². The summed E-state index contributed by atoms with van der Waals surface area (Å²) in [6.07, 6.45) is 1.64. The Kier molecular flexibility index (Phi) is 5.46. The number of aliphatic carboxylic acids is 1. The molecule has 0 aliphatic carbocycles. The van der Waals surface area contributed by atoms with E-state index in [9.17, 15) is 14.4 Å². The minimum absolute atomic E-state index is 0.308. The minimum atomic E-state index is -1.21. The van der Waals surface area contributed by atoms with Crippen LogP contribution < -0.4 is 10.6 Å². The maximum Gasteiger partial charge on any atom is 0.328 e. The van der Waals surface area contributed by atoms with Gasteiger partial charge in [0.15, 0.2) is 0 Å². The maximum absolute atomic E-state index is 12.3. The van der Waals surface area contributed by atoms with Crippen molar-refractivity contribution in [2.45, 2.75) is 6.92 Å². The summed E-state index contributed by atoms with van der Waals surface area (Å²) in [6, 6.07) is 13.8. The van der Waals surface area contributed by atoms with Crippen LogP contribution in [0.2, 0.25) is 0 Å². The Morgan fingerprint density at radius 1 is 0.917 bits per heavy atom. The van der Waals surface area contributed by atoms with E-state index in [1.165, 1.54) is 6.07 Å². The lowest BCUT2D eigenvalue weighted by Gasteiger charge is -2.08. The highest BCUT2D eigenvalue weighted by Gasteiger charge is 2.08. The van der Waals surface area contributed by atoms with Crippen molar-refractivity contribution in [2.24, 2.45) is 0 Å².